The third-order valence-corrected chi connectivity index (χ3v) is 3.02. The summed E-state index contributed by atoms with van der Waals surface area (Å²) in [5.41, 5.74) is 1.69. The van der Waals surface area contributed by atoms with E-state index in [0.29, 0.717) is 24.9 Å². The number of nitrogens with zero attached hydrogens (tertiary/aromatic N) is 1. The van der Waals surface area contributed by atoms with Gasteiger partial charge >= 0.3 is 0 Å². The van der Waals surface area contributed by atoms with Gasteiger partial charge in [-0.1, -0.05) is 15.9 Å². The zero-order valence-electron chi connectivity index (χ0n) is 9.00. The third-order valence-electron chi connectivity index (χ3n) is 2.57. The summed E-state index contributed by atoms with van der Waals surface area (Å²) >= 11 is 3.37. The molecule has 0 aliphatic carbocycles. The van der Waals surface area contributed by atoms with Gasteiger partial charge < -0.3 is 0 Å². The number of hydrogen-bond acceptors (Lipinski definition) is 2. The molecule has 1 fully saturated rings. The average molecular weight is 282 g/mol. The molecule has 1 aliphatic rings. The number of anilines is 1. The molecular weight excluding hydrogens is 270 g/mol. The number of aryl methyl sites for hydroxylation is 1. The van der Waals surface area contributed by atoms with Gasteiger partial charge in [0.25, 0.3) is 0 Å². The molecular formula is C12H12BrNO2. The van der Waals surface area contributed by atoms with Crippen LogP contribution in [0.3, 0.4) is 0 Å². The third kappa shape index (κ3) is 2.16. The summed E-state index contributed by atoms with van der Waals surface area (Å²) < 4.78 is 0.883. The summed E-state index contributed by atoms with van der Waals surface area (Å²) in [7, 11) is 0. The second-order valence-electron chi connectivity index (χ2n) is 3.96. The largest absolute Gasteiger partial charge is 0.274 e. The fourth-order valence-electron chi connectivity index (χ4n) is 1.89. The minimum atomic E-state index is -0.103. The Bertz CT molecular complexity index is 420. The van der Waals surface area contributed by atoms with Crippen molar-refractivity contribution in [3.8, 4) is 0 Å². The number of halogens is 1. The van der Waals surface area contributed by atoms with Crippen molar-refractivity contribution in [2.24, 2.45) is 0 Å². The summed E-state index contributed by atoms with van der Waals surface area (Å²) in [4.78, 5) is 24.7. The minimum absolute atomic E-state index is 0.103. The topological polar surface area (TPSA) is 37.4 Å². The predicted molar refractivity (Wildman–Crippen MR) is 65.2 cm³/mol. The van der Waals surface area contributed by atoms with Gasteiger partial charge in [0.1, 0.15) is 0 Å². The minimum Gasteiger partial charge on any atom is -0.274 e. The highest BCUT2D eigenvalue weighted by Gasteiger charge is 2.27. The SMILES string of the molecule is Cc1cc(Br)cc(N2C(=O)CCCC2=O)c1. The van der Waals surface area contributed by atoms with Crippen LogP contribution in [0.4, 0.5) is 5.69 Å². The molecule has 3 nitrogen and oxygen atoms in total. The number of benzene rings is 1. The maximum absolute atomic E-state index is 11.7. The Balaban J connectivity index is 2.41. The Hall–Kier alpha value is -1.16. The highest BCUT2D eigenvalue weighted by Crippen LogP contribution is 2.26. The molecule has 1 aromatic carbocycles. The van der Waals surface area contributed by atoms with Gasteiger partial charge in [-0.3, -0.25) is 14.5 Å². The van der Waals surface area contributed by atoms with Gasteiger partial charge in [-0.15, -0.1) is 0 Å². The van der Waals surface area contributed by atoms with Crippen LogP contribution < -0.4 is 4.90 Å². The molecule has 1 aliphatic heterocycles. The maximum Gasteiger partial charge on any atom is 0.233 e. The average Bonchev–Trinajstić information content (AvgIpc) is 2.15. The van der Waals surface area contributed by atoms with E-state index in [1.54, 1.807) is 6.07 Å². The van der Waals surface area contributed by atoms with E-state index in [1.165, 1.54) is 4.90 Å². The van der Waals surface area contributed by atoms with Crippen LogP contribution in [0.5, 0.6) is 0 Å². The van der Waals surface area contributed by atoms with Gasteiger partial charge in [0.15, 0.2) is 0 Å². The highest BCUT2D eigenvalue weighted by atomic mass is 79.9. The van der Waals surface area contributed by atoms with Crippen molar-refractivity contribution < 1.29 is 9.59 Å². The number of carbonyl (C=O) groups is 2. The highest BCUT2D eigenvalue weighted by molar-refractivity contribution is 9.10. The number of amides is 2. The lowest BCUT2D eigenvalue weighted by Gasteiger charge is -2.25. The first-order valence-corrected chi connectivity index (χ1v) is 6.00. The lowest BCUT2D eigenvalue weighted by atomic mass is 10.1. The molecule has 0 aromatic heterocycles. The number of piperidine rings is 1. The van der Waals surface area contributed by atoms with E-state index in [9.17, 15) is 9.59 Å². The molecule has 0 unspecified atom stereocenters. The first-order valence-electron chi connectivity index (χ1n) is 5.21. The van der Waals surface area contributed by atoms with E-state index in [4.69, 9.17) is 0 Å². The summed E-state index contributed by atoms with van der Waals surface area (Å²) in [5, 5.41) is 0. The summed E-state index contributed by atoms with van der Waals surface area (Å²) in [5.74, 6) is -0.206. The van der Waals surface area contributed by atoms with Crippen LogP contribution in [0.15, 0.2) is 22.7 Å². The lowest BCUT2D eigenvalue weighted by molar-refractivity contribution is -0.129. The van der Waals surface area contributed by atoms with E-state index >= 15 is 0 Å². The van der Waals surface area contributed by atoms with Crippen LogP contribution in [0.2, 0.25) is 0 Å². The molecule has 0 radical (unpaired) electrons. The van der Waals surface area contributed by atoms with Gasteiger partial charge in [-0.25, -0.2) is 0 Å². The number of carbonyl (C=O) groups excluding carboxylic acids is 2. The van der Waals surface area contributed by atoms with Gasteiger partial charge in [-0.05, 0) is 37.1 Å². The normalized spacial score (nSPS) is 16.8. The van der Waals surface area contributed by atoms with Crippen molar-refractivity contribution in [2.75, 3.05) is 4.90 Å². The van der Waals surface area contributed by atoms with Crippen molar-refractivity contribution in [1.29, 1.82) is 0 Å². The van der Waals surface area contributed by atoms with E-state index in [2.05, 4.69) is 15.9 Å². The molecule has 1 saturated heterocycles. The molecule has 0 saturated carbocycles. The Morgan fingerprint density at radius 1 is 1.12 bits per heavy atom. The molecule has 2 amide bonds. The Labute approximate surface area is 103 Å². The van der Waals surface area contributed by atoms with Gasteiger partial charge in [-0.2, -0.15) is 0 Å². The monoisotopic (exact) mass is 281 g/mol. The molecule has 16 heavy (non-hydrogen) atoms. The zero-order chi connectivity index (χ0) is 11.7. The zero-order valence-corrected chi connectivity index (χ0v) is 10.6. The van der Waals surface area contributed by atoms with Crippen molar-refractivity contribution >= 4 is 33.4 Å². The van der Waals surface area contributed by atoms with Gasteiger partial charge in [0.05, 0.1) is 5.69 Å². The Morgan fingerprint density at radius 3 is 2.31 bits per heavy atom. The van der Waals surface area contributed by atoms with Crippen molar-refractivity contribution in [3.63, 3.8) is 0 Å². The molecule has 4 heteroatoms. The molecule has 84 valence electrons. The molecule has 1 heterocycles. The van der Waals surface area contributed by atoms with E-state index in [-0.39, 0.29) is 11.8 Å². The van der Waals surface area contributed by atoms with Crippen LogP contribution >= 0.6 is 15.9 Å². The number of rotatable bonds is 1. The molecule has 0 spiro atoms. The predicted octanol–water partition coefficient (Wildman–Crippen LogP) is 2.80. The van der Waals surface area contributed by atoms with E-state index < -0.39 is 0 Å². The summed E-state index contributed by atoms with van der Waals surface area (Å²) in [6.07, 6.45) is 1.58. The van der Waals surface area contributed by atoms with Crippen molar-refractivity contribution in [3.05, 3.63) is 28.2 Å². The van der Waals surface area contributed by atoms with Gasteiger partial charge in [0.2, 0.25) is 11.8 Å². The lowest BCUT2D eigenvalue weighted by Crippen LogP contribution is -2.40. The fraction of sp³-hybridized carbons (Fsp3) is 0.333. The second-order valence-corrected chi connectivity index (χ2v) is 4.88. The molecule has 0 N–H and O–H groups in total. The van der Waals surface area contributed by atoms with Crippen LogP contribution in [-0.2, 0) is 9.59 Å². The first-order chi connectivity index (χ1) is 7.58. The Kier molecular flexibility index (Phi) is 3.10. The maximum atomic E-state index is 11.7. The Morgan fingerprint density at radius 2 is 1.75 bits per heavy atom. The summed E-state index contributed by atoms with van der Waals surface area (Å²) in [6, 6.07) is 5.60. The molecule has 1 aromatic rings. The van der Waals surface area contributed by atoms with Crippen LogP contribution in [0.25, 0.3) is 0 Å². The summed E-state index contributed by atoms with van der Waals surface area (Å²) in [6.45, 7) is 1.94. The molecule has 2 rings (SSSR count). The fourth-order valence-corrected chi connectivity index (χ4v) is 2.48. The number of imide groups is 1. The van der Waals surface area contributed by atoms with Crippen molar-refractivity contribution in [2.45, 2.75) is 26.2 Å². The van der Waals surface area contributed by atoms with Gasteiger partial charge in [0, 0.05) is 17.3 Å². The standard InChI is InChI=1S/C12H12BrNO2/c1-8-5-9(13)7-10(6-8)14-11(15)3-2-4-12(14)16/h5-7H,2-4H2,1H3. The van der Waals surface area contributed by atoms with Crippen LogP contribution in [-0.4, -0.2) is 11.8 Å². The van der Waals surface area contributed by atoms with Crippen LogP contribution in [0, 0.1) is 6.92 Å². The number of hydrogen-bond donors (Lipinski definition) is 0. The second kappa shape index (κ2) is 4.37. The quantitative estimate of drug-likeness (QED) is 0.743. The van der Waals surface area contributed by atoms with E-state index in [0.717, 1.165) is 10.0 Å². The molecule has 0 bridgehead atoms. The first kappa shape index (κ1) is 11.3. The van der Waals surface area contributed by atoms with Crippen LogP contribution in [0.1, 0.15) is 24.8 Å². The van der Waals surface area contributed by atoms with Crippen molar-refractivity contribution in [1.82, 2.24) is 0 Å². The molecule has 0 atom stereocenters. The smallest absolute Gasteiger partial charge is 0.233 e. The van der Waals surface area contributed by atoms with E-state index in [1.807, 2.05) is 19.1 Å².